The predicted octanol–water partition coefficient (Wildman–Crippen LogP) is 2.57. The van der Waals surface area contributed by atoms with E-state index in [4.69, 9.17) is 0 Å². The van der Waals surface area contributed by atoms with Crippen molar-refractivity contribution in [2.75, 3.05) is 6.54 Å². The van der Waals surface area contributed by atoms with Gasteiger partial charge in [-0.05, 0) is 39.2 Å². The lowest BCUT2D eigenvalue weighted by Gasteiger charge is -2.13. The summed E-state index contributed by atoms with van der Waals surface area (Å²) in [5.41, 5.74) is 2.59. The number of hydrogen-bond acceptors (Lipinski definition) is 2. The van der Waals surface area contributed by atoms with Crippen LogP contribution >= 0.6 is 0 Å². The van der Waals surface area contributed by atoms with E-state index >= 15 is 0 Å². The second-order valence-corrected chi connectivity index (χ2v) is 5.07. The van der Waals surface area contributed by atoms with Crippen molar-refractivity contribution in [1.29, 1.82) is 0 Å². The van der Waals surface area contributed by atoms with Gasteiger partial charge in [0.05, 0.1) is 6.20 Å². The van der Waals surface area contributed by atoms with Gasteiger partial charge in [-0.3, -0.25) is 4.68 Å². The van der Waals surface area contributed by atoms with E-state index in [9.17, 15) is 0 Å². The minimum absolute atomic E-state index is 0.424. The molecule has 0 spiro atoms. The van der Waals surface area contributed by atoms with Crippen molar-refractivity contribution in [3.8, 4) is 0 Å². The van der Waals surface area contributed by atoms with Crippen LogP contribution in [0.15, 0.2) is 6.20 Å². The zero-order chi connectivity index (χ0) is 11.5. The zero-order valence-electron chi connectivity index (χ0n) is 10.7. The largest absolute Gasteiger partial charge is 0.310 e. The van der Waals surface area contributed by atoms with Crippen LogP contribution in [0.1, 0.15) is 49.9 Å². The summed E-state index contributed by atoms with van der Waals surface area (Å²) in [5, 5.41) is 7.86. The van der Waals surface area contributed by atoms with Crippen molar-refractivity contribution >= 4 is 0 Å². The van der Waals surface area contributed by atoms with Crippen LogP contribution in [0, 0.1) is 12.8 Å². The monoisotopic (exact) mass is 221 g/mol. The van der Waals surface area contributed by atoms with Crippen LogP contribution in [0.2, 0.25) is 0 Å². The van der Waals surface area contributed by atoms with Gasteiger partial charge < -0.3 is 5.32 Å². The number of aromatic nitrogens is 2. The van der Waals surface area contributed by atoms with Gasteiger partial charge in [-0.2, -0.15) is 5.10 Å². The second-order valence-electron chi connectivity index (χ2n) is 5.07. The lowest BCUT2D eigenvalue weighted by atomic mass is 10.1. The van der Waals surface area contributed by atoms with Crippen LogP contribution < -0.4 is 5.32 Å². The molecule has 3 nitrogen and oxygen atoms in total. The summed E-state index contributed by atoms with van der Waals surface area (Å²) in [7, 11) is 2.00. The molecule has 16 heavy (non-hydrogen) atoms. The van der Waals surface area contributed by atoms with Gasteiger partial charge in [-0.25, -0.2) is 0 Å². The van der Waals surface area contributed by atoms with Gasteiger partial charge in [-0.15, -0.1) is 0 Å². The third-order valence-corrected chi connectivity index (χ3v) is 3.68. The van der Waals surface area contributed by atoms with Crippen LogP contribution in [-0.4, -0.2) is 16.3 Å². The van der Waals surface area contributed by atoms with Crippen LogP contribution in [0.5, 0.6) is 0 Å². The molecule has 1 aromatic rings. The Labute approximate surface area is 98.2 Å². The van der Waals surface area contributed by atoms with Crippen molar-refractivity contribution in [1.82, 2.24) is 15.1 Å². The van der Waals surface area contributed by atoms with E-state index in [1.165, 1.54) is 36.9 Å². The normalized spacial score (nSPS) is 17.7. The van der Waals surface area contributed by atoms with Crippen LogP contribution in [0.25, 0.3) is 0 Å². The maximum Gasteiger partial charge on any atom is 0.0540 e. The number of hydrogen-bond donors (Lipinski definition) is 1. The average Bonchev–Trinajstić information content (AvgIpc) is 3.02. The highest BCUT2D eigenvalue weighted by Gasteiger charge is 2.20. The molecular weight excluding hydrogens is 198 g/mol. The SMILES string of the molecule is Cc1c(C(C)NCCCC2CC2)cnn1C. The van der Waals surface area contributed by atoms with E-state index in [0.29, 0.717) is 6.04 Å². The first-order chi connectivity index (χ1) is 7.68. The highest BCUT2D eigenvalue weighted by atomic mass is 15.3. The standard InChI is InChI=1S/C13H23N3/c1-10(13-9-15-16(3)11(13)2)14-8-4-5-12-6-7-12/h9-10,12,14H,4-8H2,1-3H3. The van der Waals surface area contributed by atoms with Gasteiger partial charge in [0, 0.05) is 24.3 Å². The summed E-state index contributed by atoms with van der Waals surface area (Å²) in [4.78, 5) is 0. The van der Waals surface area contributed by atoms with Gasteiger partial charge in [-0.1, -0.05) is 12.8 Å². The first kappa shape index (κ1) is 11.6. The van der Waals surface area contributed by atoms with Crippen molar-refractivity contribution in [3.63, 3.8) is 0 Å². The Hall–Kier alpha value is -0.830. The molecular formula is C13H23N3. The van der Waals surface area contributed by atoms with Crippen LogP contribution in [0.4, 0.5) is 0 Å². The van der Waals surface area contributed by atoms with E-state index in [-0.39, 0.29) is 0 Å². The smallest absolute Gasteiger partial charge is 0.0540 e. The van der Waals surface area contributed by atoms with Crippen molar-refractivity contribution in [2.45, 2.75) is 45.6 Å². The van der Waals surface area contributed by atoms with Crippen LogP contribution in [-0.2, 0) is 7.05 Å². The molecule has 1 aliphatic carbocycles. The number of nitrogens with zero attached hydrogens (tertiary/aromatic N) is 2. The molecule has 1 atom stereocenters. The summed E-state index contributed by atoms with van der Waals surface area (Å²) in [6, 6.07) is 0.424. The number of aryl methyl sites for hydroxylation is 1. The van der Waals surface area contributed by atoms with Crippen molar-refractivity contribution in [3.05, 3.63) is 17.5 Å². The highest BCUT2D eigenvalue weighted by molar-refractivity contribution is 5.19. The molecule has 3 heteroatoms. The Morgan fingerprint density at radius 3 is 2.88 bits per heavy atom. The molecule has 1 aliphatic rings. The van der Waals surface area contributed by atoms with Gasteiger partial charge >= 0.3 is 0 Å². The molecule has 0 aliphatic heterocycles. The summed E-state index contributed by atoms with van der Waals surface area (Å²) in [6.45, 7) is 5.48. The molecule has 1 saturated carbocycles. The first-order valence-electron chi connectivity index (χ1n) is 6.40. The third-order valence-electron chi connectivity index (χ3n) is 3.68. The number of nitrogens with one attached hydrogen (secondary N) is 1. The molecule has 0 radical (unpaired) electrons. The topological polar surface area (TPSA) is 29.9 Å². The molecule has 1 unspecified atom stereocenters. The minimum atomic E-state index is 0.424. The Bertz CT molecular complexity index is 339. The summed E-state index contributed by atoms with van der Waals surface area (Å²) < 4.78 is 1.94. The Morgan fingerprint density at radius 1 is 1.56 bits per heavy atom. The molecule has 1 aromatic heterocycles. The lowest BCUT2D eigenvalue weighted by Crippen LogP contribution is -2.20. The highest BCUT2D eigenvalue weighted by Crippen LogP contribution is 2.33. The molecule has 90 valence electrons. The molecule has 2 rings (SSSR count). The maximum absolute atomic E-state index is 4.28. The number of rotatable bonds is 6. The van der Waals surface area contributed by atoms with Gasteiger partial charge in [0.1, 0.15) is 0 Å². The molecule has 1 fully saturated rings. The molecule has 0 amide bonds. The maximum atomic E-state index is 4.28. The zero-order valence-corrected chi connectivity index (χ0v) is 10.7. The third kappa shape index (κ3) is 2.85. The first-order valence-corrected chi connectivity index (χ1v) is 6.40. The summed E-state index contributed by atoms with van der Waals surface area (Å²) >= 11 is 0. The molecule has 1 heterocycles. The van der Waals surface area contributed by atoms with Gasteiger partial charge in [0.2, 0.25) is 0 Å². The summed E-state index contributed by atoms with van der Waals surface area (Å²) in [6.07, 6.45) is 7.64. The van der Waals surface area contributed by atoms with Gasteiger partial charge in [0.15, 0.2) is 0 Å². The van der Waals surface area contributed by atoms with E-state index in [1.807, 2.05) is 17.9 Å². The fourth-order valence-corrected chi connectivity index (χ4v) is 2.17. The van der Waals surface area contributed by atoms with E-state index < -0.39 is 0 Å². The summed E-state index contributed by atoms with van der Waals surface area (Å²) in [5.74, 6) is 1.05. The van der Waals surface area contributed by atoms with Crippen LogP contribution in [0.3, 0.4) is 0 Å². The predicted molar refractivity (Wildman–Crippen MR) is 66.3 cm³/mol. The van der Waals surface area contributed by atoms with Gasteiger partial charge in [0.25, 0.3) is 0 Å². The Kier molecular flexibility index (Phi) is 3.64. The minimum Gasteiger partial charge on any atom is -0.310 e. The average molecular weight is 221 g/mol. The molecule has 1 N–H and O–H groups in total. The lowest BCUT2D eigenvalue weighted by molar-refractivity contribution is 0.531. The fourth-order valence-electron chi connectivity index (χ4n) is 2.17. The van der Waals surface area contributed by atoms with Crippen molar-refractivity contribution < 1.29 is 0 Å². The molecule has 0 aromatic carbocycles. The molecule has 0 saturated heterocycles. The van der Waals surface area contributed by atoms with Crippen molar-refractivity contribution in [2.24, 2.45) is 13.0 Å². The van der Waals surface area contributed by atoms with E-state index in [2.05, 4.69) is 24.3 Å². The quantitative estimate of drug-likeness (QED) is 0.748. The Balaban J connectivity index is 1.73. The Morgan fingerprint density at radius 2 is 2.31 bits per heavy atom. The molecule has 0 bridgehead atoms. The second kappa shape index (κ2) is 5.00. The fraction of sp³-hybridized carbons (Fsp3) is 0.769. The van der Waals surface area contributed by atoms with E-state index in [1.54, 1.807) is 0 Å². The van der Waals surface area contributed by atoms with E-state index in [0.717, 1.165) is 12.5 Å².